The van der Waals surface area contributed by atoms with E-state index in [-0.39, 0.29) is 28.2 Å². The summed E-state index contributed by atoms with van der Waals surface area (Å²) in [5, 5.41) is 17.3. The number of nitro groups is 1. The van der Waals surface area contributed by atoms with E-state index in [1.165, 1.54) is 18.3 Å². The molecule has 0 saturated heterocycles. The number of carbonyl (C=O) groups excluding carboxylic acids is 1. The molecule has 0 saturated carbocycles. The molecule has 0 unspecified atom stereocenters. The molecule has 0 aliphatic rings. The van der Waals surface area contributed by atoms with Gasteiger partial charge in [0.05, 0.1) is 33.1 Å². The molecule has 0 aliphatic carbocycles. The monoisotopic (exact) mass is 668 g/mol. The number of aromatic nitrogens is 2. The Morgan fingerprint density at radius 3 is 2.75 bits per heavy atom. The second-order valence-corrected chi connectivity index (χ2v) is 10.1. The highest BCUT2D eigenvalue weighted by Crippen LogP contribution is 2.36. The van der Waals surface area contributed by atoms with Crippen molar-refractivity contribution in [2.24, 2.45) is 5.10 Å². The molecule has 11 nitrogen and oxygen atoms in total. The standard InChI is InChI=1S/C27H18Br2N4O7/c1-2-38-24(34)14-39-25-19(29)9-15(10-21(25)33(36)37)13-30-32-26(31-20-6-4-3-5-18(20)27(32)35)23-12-16-11-17(28)7-8-22(16)40-23/h3-13H,2,14H2,1H3. The van der Waals surface area contributed by atoms with Crippen LogP contribution in [-0.2, 0) is 9.53 Å². The van der Waals surface area contributed by atoms with E-state index in [0.29, 0.717) is 22.2 Å². The molecule has 0 aliphatic heterocycles. The van der Waals surface area contributed by atoms with Crippen LogP contribution in [0.2, 0.25) is 0 Å². The number of halogens is 2. The molecule has 0 atom stereocenters. The first-order valence-electron chi connectivity index (χ1n) is 11.8. The predicted octanol–water partition coefficient (Wildman–Crippen LogP) is 6.07. The lowest BCUT2D eigenvalue weighted by Crippen LogP contribution is -2.20. The van der Waals surface area contributed by atoms with Crippen LogP contribution < -0.4 is 10.3 Å². The van der Waals surface area contributed by atoms with E-state index in [1.807, 2.05) is 12.1 Å². The normalized spacial score (nSPS) is 11.4. The van der Waals surface area contributed by atoms with Crippen LogP contribution in [0.15, 0.2) is 83.9 Å². The number of fused-ring (bicyclic) bond motifs is 2. The Bertz CT molecular complexity index is 1880. The number of para-hydroxylation sites is 1. The highest BCUT2D eigenvalue weighted by molar-refractivity contribution is 9.10. The number of benzene rings is 3. The van der Waals surface area contributed by atoms with Crippen molar-refractivity contribution in [3.63, 3.8) is 0 Å². The summed E-state index contributed by atoms with van der Waals surface area (Å²) in [7, 11) is 0. The van der Waals surface area contributed by atoms with Crippen molar-refractivity contribution in [2.75, 3.05) is 13.2 Å². The Kier molecular flexibility index (Phi) is 7.76. The van der Waals surface area contributed by atoms with Gasteiger partial charge in [-0.05, 0) is 65.3 Å². The lowest BCUT2D eigenvalue weighted by molar-refractivity contribution is -0.385. The lowest BCUT2D eigenvalue weighted by atomic mass is 10.2. The van der Waals surface area contributed by atoms with Crippen molar-refractivity contribution in [1.82, 2.24) is 9.66 Å². The summed E-state index contributed by atoms with van der Waals surface area (Å²) in [5.41, 5.74) is 0.460. The summed E-state index contributed by atoms with van der Waals surface area (Å²) in [5.74, 6) is -0.352. The van der Waals surface area contributed by atoms with Crippen LogP contribution in [0.4, 0.5) is 5.69 Å². The first-order valence-corrected chi connectivity index (χ1v) is 13.4. The van der Waals surface area contributed by atoms with Crippen molar-refractivity contribution >= 4 is 71.6 Å². The summed E-state index contributed by atoms with van der Waals surface area (Å²) in [6.45, 7) is 1.28. The van der Waals surface area contributed by atoms with Crippen LogP contribution in [-0.4, -0.2) is 40.0 Å². The average Bonchev–Trinajstić information content (AvgIpc) is 3.34. The third-order valence-corrected chi connectivity index (χ3v) is 6.74. The zero-order chi connectivity index (χ0) is 28.4. The molecule has 0 fully saturated rings. The lowest BCUT2D eigenvalue weighted by Gasteiger charge is -2.10. The molecule has 0 N–H and O–H groups in total. The van der Waals surface area contributed by atoms with Crippen LogP contribution in [0, 0.1) is 10.1 Å². The molecular formula is C27H18Br2N4O7. The molecule has 5 rings (SSSR count). The van der Waals surface area contributed by atoms with E-state index in [2.05, 4.69) is 41.9 Å². The zero-order valence-electron chi connectivity index (χ0n) is 20.7. The second kappa shape index (κ2) is 11.4. The van der Waals surface area contributed by atoms with Gasteiger partial charge in [0.2, 0.25) is 11.6 Å². The van der Waals surface area contributed by atoms with E-state index in [1.54, 1.807) is 43.3 Å². The minimum absolute atomic E-state index is 0.145. The molecule has 2 heterocycles. The van der Waals surface area contributed by atoms with Crippen molar-refractivity contribution in [1.29, 1.82) is 0 Å². The summed E-state index contributed by atoms with van der Waals surface area (Å²) in [6, 6.07) is 16.8. The largest absolute Gasteiger partial charge is 0.474 e. The van der Waals surface area contributed by atoms with Crippen molar-refractivity contribution in [3.05, 3.63) is 95.6 Å². The van der Waals surface area contributed by atoms with Gasteiger partial charge in [-0.1, -0.05) is 28.1 Å². The molecule has 0 spiro atoms. The number of hydrogen-bond acceptors (Lipinski definition) is 9. The van der Waals surface area contributed by atoms with Crippen LogP contribution in [0.3, 0.4) is 0 Å². The van der Waals surface area contributed by atoms with Crippen molar-refractivity contribution in [2.45, 2.75) is 6.92 Å². The van der Waals surface area contributed by atoms with Gasteiger partial charge in [-0.15, -0.1) is 0 Å². The average molecular weight is 670 g/mol. The Hall–Kier alpha value is -4.36. The summed E-state index contributed by atoms with van der Waals surface area (Å²) >= 11 is 6.70. The van der Waals surface area contributed by atoms with Gasteiger partial charge in [0.1, 0.15) is 5.58 Å². The van der Waals surface area contributed by atoms with E-state index in [9.17, 15) is 19.7 Å². The summed E-state index contributed by atoms with van der Waals surface area (Å²) in [6.07, 6.45) is 1.29. The van der Waals surface area contributed by atoms with Gasteiger partial charge in [0.15, 0.2) is 12.4 Å². The van der Waals surface area contributed by atoms with Gasteiger partial charge < -0.3 is 13.9 Å². The van der Waals surface area contributed by atoms with E-state index >= 15 is 0 Å². The minimum Gasteiger partial charge on any atom is -0.474 e. The van der Waals surface area contributed by atoms with E-state index < -0.39 is 28.7 Å². The maximum absolute atomic E-state index is 13.5. The fourth-order valence-corrected chi connectivity index (χ4v) is 4.89. The minimum atomic E-state index is -0.664. The Balaban J connectivity index is 1.60. The molecule has 0 radical (unpaired) electrons. The summed E-state index contributed by atoms with van der Waals surface area (Å²) < 4.78 is 18.3. The fraction of sp³-hybridized carbons (Fsp3) is 0.111. The van der Waals surface area contributed by atoms with Crippen molar-refractivity contribution in [3.8, 4) is 17.3 Å². The first-order chi connectivity index (χ1) is 19.2. The highest BCUT2D eigenvalue weighted by Gasteiger charge is 2.22. The quantitative estimate of drug-likeness (QED) is 0.0840. The third kappa shape index (κ3) is 5.51. The Morgan fingerprint density at radius 1 is 1.18 bits per heavy atom. The van der Waals surface area contributed by atoms with Gasteiger partial charge in [0, 0.05) is 21.5 Å². The number of esters is 1. The SMILES string of the molecule is CCOC(=O)COc1c(Br)cc(C=Nn2c(-c3cc4cc(Br)ccc4o3)nc3ccccc3c2=O)cc1[N+](=O)[O-]. The molecule has 2 aromatic heterocycles. The molecule has 13 heteroatoms. The topological polar surface area (TPSA) is 139 Å². The number of nitrogens with zero attached hydrogens (tertiary/aromatic N) is 4. The van der Waals surface area contributed by atoms with Crippen molar-refractivity contribution < 1.29 is 23.6 Å². The molecular weight excluding hydrogens is 652 g/mol. The molecule has 202 valence electrons. The molecule has 0 bridgehead atoms. The van der Waals surface area contributed by atoms with Gasteiger partial charge >= 0.3 is 11.7 Å². The molecule has 3 aromatic carbocycles. The smallest absolute Gasteiger partial charge is 0.344 e. The Labute approximate surface area is 242 Å². The van der Waals surface area contributed by atoms with Gasteiger partial charge in [0.25, 0.3) is 5.56 Å². The Morgan fingerprint density at radius 2 is 1.98 bits per heavy atom. The van der Waals surface area contributed by atoms with E-state index in [4.69, 9.17) is 13.9 Å². The first kappa shape index (κ1) is 27.2. The van der Waals surface area contributed by atoms with Gasteiger partial charge in [-0.3, -0.25) is 14.9 Å². The zero-order valence-corrected chi connectivity index (χ0v) is 23.8. The molecule has 5 aromatic rings. The number of carbonyl (C=O) groups is 1. The predicted molar refractivity (Wildman–Crippen MR) is 155 cm³/mol. The van der Waals surface area contributed by atoms with Gasteiger partial charge in [-0.25, -0.2) is 9.78 Å². The summed E-state index contributed by atoms with van der Waals surface area (Å²) in [4.78, 5) is 40.9. The number of hydrogen-bond donors (Lipinski definition) is 0. The number of rotatable bonds is 8. The van der Waals surface area contributed by atoms with Gasteiger partial charge in [-0.2, -0.15) is 9.78 Å². The van der Waals surface area contributed by atoms with Crippen LogP contribution in [0.5, 0.6) is 5.75 Å². The highest BCUT2D eigenvalue weighted by atomic mass is 79.9. The number of nitro benzene ring substituents is 1. The van der Waals surface area contributed by atoms with Crippen LogP contribution >= 0.6 is 31.9 Å². The maximum Gasteiger partial charge on any atom is 0.344 e. The third-order valence-electron chi connectivity index (χ3n) is 5.66. The molecule has 0 amide bonds. The second-order valence-electron chi connectivity index (χ2n) is 8.31. The maximum atomic E-state index is 13.5. The van der Waals surface area contributed by atoms with Crippen LogP contribution in [0.25, 0.3) is 33.5 Å². The number of furan rings is 1. The molecule has 40 heavy (non-hydrogen) atoms. The number of ether oxygens (including phenoxy) is 2. The van der Waals surface area contributed by atoms with Crippen LogP contribution in [0.1, 0.15) is 12.5 Å². The fourth-order valence-electron chi connectivity index (χ4n) is 3.93. The van der Waals surface area contributed by atoms with E-state index in [0.717, 1.165) is 14.5 Å².